The first-order valence-corrected chi connectivity index (χ1v) is 3.89. The van der Waals surface area contributed by atoms with Crippen molar-refractivity contribution in [3.05, 3.63) is 5.32 Å². The van der Waals surface area contributed by atoms with E-state index in [9.17, 15) is 0 Å². The molecule has 0 aliphatic heterocycles. The zero-order valence-corrected chi connectivity index (χ0v) is 11.9. The molecule has 0 saturated heterocycles. The summed E-state index contributed by atoms with van der Waals surface area (Å²) in [6.45, 7) is 12.0. The summed E-state index contributed by atoms with van der Waals surface area (Å²) in [6.07, 6.45) is 0. The summed E-state index contributed by atoms with van der Waals surface area (Å²) in [6, 6.07) is 0. The van der Waals surface area contributed by atoms with Gasteiger partial charge < -0.3 is 5.32 Å². The molecule has 0 aromatic carbocycles. The summed E-state index contributed by atoms with van der Waals surface area (Å²) in [4.78, 5) is 0. The van der Waals surface area contributed by atoms with E-state index in [1.54, 1.807) is 14.1 Å². The van der Waals surface area contributed by atoms with Crippen LogP contribution in [0.3, 0.4) is 0 Å². The monoisotopic (exact) mass is 239 g/mol. The van der Waals surface area contributed by atoms with E-state index in [0.717, 1.165) is 0 Å². The van der Waals surface area contributed by atoms with E-state index in [4.69, 9.17) is 0 Å². The molecule has 0 amide bonds. The Labute approximate surface area is 101 Å². The molecule has 0 aromatic rings. The molecule has 0 heterocycles. The Morgan fingerprint density at radius 1 is 0.636 bits per heavy atom. The van der Waals surface area contributed by atoms with Crippen LogP contribution < -0.4 is 0 Å². The van der Waals surface area contributed by atoms with E-state index in [1.807, 2.05) is 41.5 Å². The Morgan fingerprint density at radius 3 is 0.636 bits per heavy atom. The minimum absolute atomic E-state index is 0. The van der Waals surface area contributed by atoms with Crippen LogP contribution in [-0.4, -0.2) is 14.1 Å². The van der Waals surface area contributed by atoms with Crippen molar-refractivity contribution in [1.29, 1.82) is 0 Å². The predicted molar refractivity (Wildman–Crippen MR) is 56.0 cm³/mol. The third kappa shape index (κ3) is 803. The summed E-state index contributed by atoms with van der Waals surface area (Å²) >= 11 is 0. The third-order valence-electron chi connectivity index (χ3n) is 0. The van der Waals surface area contributed by atoms with Gasteiger partial charge in [-0.2, -0.15) is 14.1 Å². The minimum atomic E-state index is 0. The Kier molecular flexibility index (Phi) is 960. The first-order valence-electron chi connectivity index (χ1n) is 3.89. The smallest absolute Gasteiger partial charge is 0 e. The molecule has 0 fully saturated rings. The van der Waals surface area contributed by atoms with E-state index in [2.05, 4.69) is 5.32 Å². The molecule has 0 aliphatic rings. The molecular weight excluding hydrogens is 211 g/mol. The number of nitrogens with zero attached hydrogens (tertiary/aromatic N) is 1. The van der Waals surface area contributed by atoms with E-state index in [1.165, 1.54) is 0 Å². The van der Waals surface area contributed by atoms with Gasteiger partial charge in [0.05, 0.1) is 0 Å². The van der Waals surface area contributed by atoms with E-state index in [0.29, 0.717) is 0 Å². The molecule has 2 heteroatoms. The molecule has 0 bridgehead atoms. The third-order valence-corrected chi connectivity index (χ3v) is 0. The van der Waals surface area contributed by atoms with E-state index < -0.39 is 0 Å². The second-order valence-corrected chi connectivity index (χ2v) is 0.447. The summed E-state index contributed by atoms with van der Waals surface area (Å²) in [7, 11) is 3.50. The van der Waals surface area contributed by atoms with Gasteiger partial charge in [0.1, 0.15) is 0 Å². The molecule has 0 atom stereocenters. The summed E-state index contributed by atoms with van der Waals surface area (Å²) in [5, 5.41) is 3.50. The Morgan fingerprint density at radius 2 is 0.636 bits per heavy atom. The van der Waals surface area contributed by atoms with Gasteiger partial charge >= 0.3 is 0 Å². The number of rotatable bonds is 0. The standard InChI is InChI=1S/C2H6N.3C2H6.CH4.Y/c1-3-2;3*1-2;;/h1-2H3;3*1-2H3;1H4;/q-1;;;;;. The van der Waals surface area contributed by atoms with Gasteiger partial charge in [-0.15, -0.1) is 0 Å². The second-order valence-electron chi connectivity index (χ2n) is 0.447. The van der Waals surface area contributed by atoms with Gasteiger partial charge in [0.25, 0.3) is 0 Å². The van der Waals surface area contributed by atoms with Crippen LogP contribution in [0.25, 0.3) is 5.32 Å². The molecular formula is C9H28NY-. The van der Waals surface area contributed by atoms with Crippen LogP contribution in [0.4, 0.5) is 0 Å². The maximum absolute atomic E-state index is 3.50. The second kappa shape index (κ2) is 263. The molecule has 0 aliphatic carbocycles. The van der Waals surface area contributed by atoms with Crippen molar-refractivity contribution in [2.45, 2.75) is 49.0 Å². The molecule has 0 N–H and O–H groups in total. The largest absolute Gasteiger partial charge is 0.668 e. The molecule has 0 aromatic heterocycles. The quantitative estimate of drug-likeness (QED) is 0.597. The number of hydrogen-bond donors (Lipinski definition) is 0. The molecule has 1 radical (unpaired) electrons. The molecule has 0 saturated carbocycles. The van der Waals surface area contributed by atoms with Gasteiger partial charge in [-0.05, 0) is 0 Å². The molecule has 0 rings (SSSR count). The molecule has 73 valence electrons. The van der Waals surface area contributed by atoms with Crippen LogP contribution in [0.2, 0.25) is 0 Å². The summed E-state index contributed by atoms with van der Waals surface area (Å²) in [5.74, 6) is 0. The van der Waals surface area contributed by atoms with Crippen molar-refractivity contribution in [2.24, 2.45) is 0 Å². The van der Waals surface area contributed by atoms with Crippen molar-refractivity contribution in [3.8, 4) is 0 Å². The van der Waals surface area contributed by atoms with Crippen LogP contribution in [0, 0.1) is 0 Å². The molecule has 11 heavy (non-hydrogen) atoms. The van der Waals surface area contributed by atoms with Crippen molar-refractivity contribution < 1.29 is 32.7 Å². The van der Waals surface area contributed by atoms with Crippen molar-refractivity contribution in [1.82, 2.24) is 0 Å². The first-order chi connectivity index (χ1) is 4.41. The van der Waals surface area contributed by atoms with Gasteiger partial charge in [-0.3, -0.25) is 0 Å². The van der Waals surface area contributed by atoms with Gasteiger partial charge in [-0.1, -0.05) is 49.0 Å². The van der Waals surface area contributed by atoms with Crippen LogP contribution in [0.1, 0.15) is 49.0 Å². The topological polar surface area (TPSA) is 14.1 Å². The van der Waals surface area contributed by atoms with Crippen LogP contribution >= 0.6 is 0 Å². The maximum Gasteiger partial charge on any atom is 0 e. The fourth-order valence-corrected chi connectivity index (χ4v) is 0. The average molecular weight is 239 g/mol. The zero-order chi connectivity index (χ0) is 8.71. The van der Waals surface area contributed by atoms with E-state index in [-0.39, 0.29) is 40.1 Å². The maximum atomic E-state index is 3.50. The zero-order valence-electron chi connectivity index (χ0n) is 9.02. The van der Waals surface area contributed by atoms with Crippen LogP contribution in [0.15, 0.2) is 0 Å². The van der Waals surface area contributed by atoms with Crippen molar-refractivity contribution >= 4 is 0 Å². The van der Waals surface area contributed by atoms with Crippen molar-refractivity contribution in [3.63, 3.8) is 0 Å². The van der Waals surface area contributed by atoms with Gasteiger partial charge in [0, 0.05) is 32.7 Å². The predicted octanol–water partition coefficient (Wildman–Crippen LogP) is 4.33. The van der Waals surface area contributed by atoms with E-state index >= 15 is 0 Å². The molecule has 0 unspecified atom stereocenters. The van der Waals surface area contributed by atoms with Crippen LogP contribution in [0.5, 0.6) is 0 Å². The fourth-order valence-electron chi connectivity index (χ4n) is 0. The van der Waals surface area contributed by atoms with Gasteiger partial charge in [0.2, 0.25) is 0 Å². The van der Waals surface area contributed by atoms with Gasteiger partial charge in [-0.25, -0.2) is 0 Å². The normalized spacial score (nSPS) is 3.27. The SMILES string of the molecule is C.CC.CC.CC.C[N-]C.[Y]. The number of hydrogen-bond acceptors (Lipinski definition) is 0. The average Bonchev–Trinajstić information content (AvgIpc) is 2.01. The first kappa shape index (κ1) is 40.2. The summed E-state index contributed by atoms with van der Waals surface area (Å²) in [5.41, 5.74) is 0. The minimum Gasteiger partial charge on any atom is -0.668 e. The molecule has 1 nitrogen and oxygen atoms in total. The Bertz CT molecular complexity index is 9.52. The molecule has 0 spiro atoms. The van der Waals surface area contributed by atoms with Gasteiger partial charge in [0.15, 0.2) is 0 Å². The van der Waals surface area contributed by atoms with Crippen LogP contribution in [-0.2, 0) is 32.7 Å². The fraction of sp³-hybridized carbons (Fsp3) is 1.00. The Hall–Kier alpha value is 1.06. The summed E-state index contributed by atoms with van der Waals surface area (Å²) < 4.78 is 0. The Balaban J connectivity index is -0.00000000729. The van der Waals surface area contributed by atoms with Crippen molar-refractivity contribution in [2.75, 3.05) is 14.1 Å².